The van der Waals surface area contributed by atoms with Crippen molar-refractivity contribution in [3.05, 3.63) is 108 Å². The van der Waals surface area contributed by atoms with Crippen molar-refractivity contribution >= 4 is 0 Å². The van der Waals surface area contributed by atoms with Crippen LogP contribution >= 0.6 is 0 Å². The predicted molar refractivity (Wildman–Crippen MR) is 124 cm³/mol. The molecule has 2 aliphatic rings. The van der Waals surface area contributed by atoms with Gasteiger partial charge in [0, 0.05) is 0 Å². The molecule has 0 heteroatoms. The van der Waals surface area contributed by atoms with Crippen LogP contribution in [0.25, 0.3) is 0 Å². The number of hydrogen-bond donors (Lipinski definition) is 0. The van der Waals surface area contributed by atoms with Gasteiger partial charge < -0.3 is 0 Å². The molecule has 1 unspecified atom stereocenters. The first-order chi connectivity index (χ1) is 13.1. The van der Waals surface area contributed by atoms with Gasteiger partial charge in [-0.25, -0.2) is 0 Å². The van der Waals surface area contributed by atoms with Crippen LogP contribution in [0.1, 0.15) is 53.4 Å². The lowest BCUT2D eigenvalue weighted by Crippen LogP contribution is -2.28. The molecule has 0 heterocycles. The molecule has 0 amide bonds. The third-order valence-electron chi connectivity index (χ3n) is 5.23. The molecule has 27 heavy (non-hydrogen) atoms. The third-order valence-corrected chi connectivity index (χ3v) is 5.23. The lowest BCUT2D eigenvalue weighted by molar-refractivity contribution is 0.626. The fourth-order valence-corrected chi connectivity index (χ4v) is 4.24. The highest BCUT2D eigenvalue weighted by Crippen LogP contribution is 2.59. The van der Waals surface area contributed by atoms with Crippen molar-refractivity contribution in [2.24, 2.45) is 5.41 Å². The van der Waals surface area contributed by atoms with Gasteiger partial charge in [0.1, 0.15) is 0 Å². The minimum absolute atomic E-state index is 0.366. The minimum atomic E-state index is -0.366. The highest BCUT2D eigenvalue weighted by Gasteiger charge is 2.47. The van der Waals surface area contributed by atoms with Crippen LogP contribution in [0.5, 0.6) is 0 Å². The van der Waals surface area contributed by atoms with Gasteiger partial charge >= 0.3 is 0 Å². The number of rotatable bonds is 8. The van der Waals surface area contributed by atoms with Gasteiger partial charge in [-0.05, 0) is 59.1 Å². The summed E-state index contributed by atoms with van der Waals surface area (Å²) in [4.78, 5) is 0. The molecule has 144 valence electrons. The highest BCUT2D eigenvalue weighted by molar-refractivity contribution is 5.72. The van der Waals surface area contributed by atoms with Gasteiger partial charge in [-0.1, -0.05) is 103 Å². The molecule has 0 nitrogen and oxygen atoms in total. The van der Waals surface area contributed by atoms with E-state index in [0.717, 1.165) is 31.3 Å². The van der Waals surface area contributed by atoms with Gasteiger partial charge in [-0.2, -0.15) is 0 Å². The average molecular weight is 361 g/mol. The molecule has 0 saturated carbocycles. The zero-order valence-electron chi connectivity index (χ0n) is 17.8. The average Bonchev–Trinajstić information content (AvgIpc) is 3.02. The molecule has 0 aromatic rings. The first kappa shape index (κ1) is 22.7. The zero-order chi connectivity index (χ0) is 20.4. The Kier molecular flexibility index (Phi) is 9.02. The van der Waals surface area contributed by atoms with E-state index in [-0.39, 0.29) is 5.41 Å². The largest absolute Gasteiger partial charge is 0.0991 e. The highest BCUT2D eigenvalue weighted by atomic mass is 14.5. The zero-order valence-corrected chi connectivity index (χ0v) is 17.8. The summed E-state index contributed by atoms with van der Waals surface area (Å²) in [6, 6.07) is 0. The lowest BCUT2D eigenvalue weighted by Gasteiger charge is -2.38. The molecule has 0 aromatic heterocycles. The molecule has 1 atom stereocenters. The Hall–Kier alpha value is -2.34. The van der Waals surface area contributed by atoms with E-state index in [1.54, 1.807) is 0 Å². The van der Waals surface area contributed by atoms with Crippen molar-refractivity contribution in [1.29, 1.82) is 0 Å². The van der Waals surface area contributed by atoms with Crippen LogP contribution in [-0.4, -0.2) is 0 Å². The Morgan fingerprint density at radius 1 is 1.19 bits per heavy atom. The monoisotopic (exact) mass is 360 g/mol. The van der Waals surface area contributed by atoms with Gasteiger partial charge in [0.05, 0.1) is 5.41 Å². The van der Waals surface area contributed by atoms with Crippen LogP contribution in [0.15, 0.2) is 108 Å². The number of allylic oxidation sites excluding steroid dienone is 14. The topological polar surface area (TPSA) is 0 Å². The van der Waals surface area contributed by atoms with E-state index >= 15 is 0 Å². The summed E-state index contributed by atoms with van der Waals surface area (Å²) in [5, 5.41) is 0. The first-order valence-electron chi connectivity index (χ1n) is 10.2. The summed E-state index contributed by atoms with van der Waals surface area (Å²) in [6.07, 6.45) is 21.0. The fraction of sp³-hybridized carbons (Fsp3) is 0.333. The van der Waals surface area contributed by atoms with E-state index in [4.69, 9.17) is 0 Å². The van der Waals surface area contributed by atoms with E-state index in [1.165, 1.54) is 27.9 Å². The summed E-state index contributed by atoms with van der Waals surface area (Å²) >= 11 is 0. The van der Waals surface area contributed by atoms with Crippen LogP contribution in [0.4, 0.5) is 0 Å². The SMILES string of the molecule is C=C/C=C(\C=C/CC)C1(C(=C)C=C)C(C=C)=C(CC)C2=C1CCC=C2.CC. The van der Waals surface area contributed by atoms with Gasteiger partial charge in [0.25, 0.3) is 0 Å². The van der Waals surface area contributed by atoms with E-state index in [1.807, 2.05) is 32.1 Å². The van der Waals surface area contributed by atoms with Crippen LogP contribution in [0.2, 0.25) is 0 Å². The summed E-state index contributed by atoms with van der Waals surface area (Å²) < 4.78 is 0. The van der Waals surface area contributed by atoms with Crippen LogP contribution < -0.4 is 0 Å². The van der Waals surface area contributed by atoms with Crippen molar-refractivity contribution in [2.45, 2.75) is 53.4 Å². The Balaban J connectivity index is 0.00000176. The third kappa shape index (κ3) is 3.86. The molecular weight excluding hydrogens is 324 g/mol. The molecule has 0 fully saturated rings. The summed E-state index contributed by atoms with van der Waals surface area (Å²) in [6.45, 7) is 25.0. The summed E-state index contributed by atoms with van der Waals surface area (Å²) in [5.74, 6) is 0. The van der Waals surface area contributed by atoms with Gasteiger partial charge in [-0.15, -0.1) is 0 Å². The molecule has 0 saturated heterocycles. The Bertz CT molecular complexity index is 743. The van der Waals surface area contributed by atoms with Crippen LogP contribution in [-0.2, 0) is 0 Å². The van der Waals surface area contributed by atoms with Crippen molar-refractivity contribution in [2.75, 3.05) is 0 Å². The maximum Gasteiger partial charge on any atom is 0.0667 e. The molecule has 0 aliphatic heterocycles. The Morgan fingerprint density at radius 2 is 1.89 bits per heavy atom. The molecular formula is C27H36. The van der Waals surface area contributed by atoms with Gasteiger partial charge in [0.15, 0.2) is 0 Å². The maximum atomic E-state index is 4.43. The van der Waals surface area contributed by atoms with E-state index in [9.17, 15) is 0 Å². The molecule has 0 radical (unpaired) electrons. The van der Waals surface area contributed by atoms with Crippen LogP contribution in [0.3, 0.4) is 0 Å². The van der Waals surface area contributed by atoms with Crippen molar-refractivity contribution in [1.82, 2.24) is 0 Å². The second-order valence-corrected chi connectivity index (χ2v) is 6.43. The Labute approximate surface area is 167 Å². The fourth-order valence-electron chi connectivity index (χ4n) is 4.24. The van der Waals surface area contributed by atoms with Crippen LogP contribution in [0, 0.1) is 5.41 Å². The first-order valence-corrected chi connectivity index (χ1v) is 10.2. The van der Waals surface area contributed by atoms with E-state index in [0.29, 0.717) is 0 Å². The Morgan fingerprint density at radius 3 is 2.41 bits per heavy atom. The van der Waals surface area contributed by atoms with Gasteiger partial charge in [0.2, 0.25) is 0 Å². The maximum absolute atomic E-state index is 4.43. The standard InChI is InChI=1S/C25H30.C2H6/c1-7-12-16-20(15-8-2)25(19(6)9-3)23(11-5)21(10-4)22-17-13-14-18-24(22)25;1-2/h8-9,11-13,15-17H,2-3,5-7,10,14,18H2,1,4H3;1-2H3/b16-12-,20-15+;. The van der Waals surface area contributed by atoms with Crippen molar-refractivity contribution in [3.8, 4) is 0 Å². The minimum Gasteiger partial charge on any atom is -0.0991 e. The number of hydrogen-bond acceptors (Lipinski definition) is 0. The second-order valence-electron chi connectivity index (χ2n) is 6.43. The van der Waals surface area contributed by atoms with Gasteiger partial charge in [-0.3, -0.25) is 0 Å². The second kappa shape index (κ2) is 10.7. The summed E-state index contributed by atoms with van der Waals surface area (Å²) in [7, 11) is 0. The molecule has 0 N–H and O–H groups in total. The summed E-state index contributed by atoms with van der Waals surface area (Å²) in [5.41, 5.74) is 7.29. The molecule has 0 bridgehead atoms. The quantitative estimate of drug-likeness (QED) is 0.381. The van der Waals surface area contributed by atoms with E-state index in [2.05, 4.69) is 70.5 Å². The molecule has 2 aliphatic carbocycles. The lowest BCUT2D eigenvalue weighted by atomic mass is 9.64. The van der Waals surface area contributed by atoms with E-state index < -0.39 is 0 Å². The predicted octanol–water partition coefficient (Wildman–Crippen LogP) is 8.37. The molecule has 0 aromatic carbocycles. The normalized spacial score (nSPS) is 21.7. The molecule has 0 spiro atoms. The van der Waals surface area contributed by atoms with Crippen molar-refractivity contribution < 1.29 is 0 Å². The molecule has 2 rings (SSSR count). The van der Waals surface area contributed by atoms with Crippen molar-refractivity contribution in [3.63, 3.8) is 0 Å². The smallest absolute Gasteiger partial charge is 0.0667 e.